The zero-order valence-electron chi connectivity index (χ0n) is 16.9. The number of carboxylic acids is 1. The smallest absolute Gasteiger partial charge is 0.355 e. The summed E-state index contributed by atoms with van der Waals surface area (Å²) in [5.41, 5.74) is 2.73. The van der Waals surface area contributed by atoms with Gasteiger partial charge >= 0.3 is 5.97 Å². The molecule has 5 rings (SSSR count). The molecule has 0 amide bonds. The van der Waals surface area contributed by atoms with E-state index in [1.807, 2.05) is 19.3 Å². The van der Waals surface area contributed by atoms with Gasteiger partial charge in [0.05, 0.1) is 10.4 Å². The summed E-state index contributed by atoms with van der Waals surface area (Å²) < 4.78 is 0.576. The molecule has 12 heteroatoms. The molecule has 4 aromatic rings. The first kappa shape index (κ1) is 21.1. The number of anilines is 1. The lowest BCUT2D eigenvalue weighted by atomic mass is 9.93. The molecule has 0 bridgehead atoms. The van der Waals surface area contributed by atoms with E-state index >= 15 is 0 Å². The number of nitrogens with one attached hydrogen (secondary N) is 1. The highest BCUT2D eigenvalue weighted by Crippen LogP contribution is 2.39. The number of carbonyl (C=O) groups is 1. The molecule has 164 valence electrons. The summed E-state index contributed by atoms with van der Waals surface area (Å²) in [4.78, 5) is 38.4. The van der Waals surface area contributed by atoms with Crippen LogP contribution in [0.2, 0.25) is 5.02 Å². The number of carboxylic acid groups (broad SMARTS) is 1. The minimum absolute atomic E-state index is 0.0189. The fourth-order valence-electron chi connectivity index (χ4n) is 3.71. The molecular formula is C20H18ClN7O2S2. The first-order valence-corrected chi connectivity index (χ1v) is 12.0. The first-order chi connectivity index (χ1) is 15.5. The Bertz CT molecular complexity index is 1290. The van der Waals surface area contributed by atoms with Crippen LogP contribution >= 0.6 is 34.7 Å². The van der Waals surface area contributed by atoms with Gasteiger partial charge in [-0.15, -0.1) is 11.3 Å². The molecule has 2 N–H and O–H groups in total. The van der Waals surface area contributed by atoms with Gasteiger partial charge in [-0.1, -0.05) is 18.5 Å². The van der Waals surface area contributed by atoms with Crippen molar-refractivity contribution in [3.05, 3.63) is 46.1 Å². The number of aromatic carboxylic acids is 1. The zero-order chi connectivity index (χ0) is 22.2. The molecule has 4 aromatic heterocycles. The van der Waals surface area contributed by atoms with Crippen molar-refractivity contribution in [3.8, 4) is 0 Å². The van der Waals surface area contributed by atoms with Crippen LogP contribution in [0.5, 0.6) is 0 Å². The van der Waals surface area contributed by atoms with Crippen LogP contribution in [0.15, 0.2) is 33.6 Å². The third kappa shape index (κ3) is 4.03. The normalized spacial score (nSPS) is 14.1. The number of hydrogen-bond donors (Lipinski definition) is 2. The van der Waals surface area contributed by atoms with Gasteiger partial charge in [-0.2, -0.15) is 0 Å². The summed E-state index contributed by atoms with van der Waals surface area (Å²) in [6.45, 7) is 3.72. The quantitative estimate of drug-likeness (QED) is 0.373. The third-order valence-corrected chi connectivity index (χ3v) is 7.47. The van der Waals surface area contributed by atoms with Crippen molar-refractivity contribution in [1.82, 2.24) is 29.9 Å². The van der Waals surface area contributed by atoms with E-state index in [2.05, 4.69) is 29.8 Å². The minimum Gasteiger partial charge on any atom is -0.476 e. The van der Waals surface area contributed by atoms with Gasteiger partial charge in [0.2, 0.25) is 0 Å². The number of rotatable bonds is 7. The van der Waals surface area contributed by atoms with Crippen LogP contribution in [0, 0.1) is 5.92 Å². The SMILES string of the molecule is CCc1[nH]c2nc(Sc3nc(C(=O)O)cs3)nc(N3CC(Cc4cncnc4)C3)c2c1Cl. The second kappa shape index (κ2) is 8.64. The van der Waals surface area contributed by atoms with Crippen molar-refractivity contribution in [3.63, 3.8) is 0 Å². The Kier molecular flexibility index (Phi) is 5.70. The maximum absolute atomic E-state index is 11.1. The topological polar surface area (TPSA) is 121 Å². The fraction of sp³-hybridized carbons (Fsp3) is 0.300. The van der Waals surface area contributed by atoms with Crippen molar-refractivity contribution in [2.45, 2.75) is 29.3 Å². The van der Waals surface area contributed by atoms with E-state index in [4.69, 9.17) is 21.7 Å². The van der Waals surface area contributed by atoms with Gasteiger partial charge in [0.15, 0.2) is 15.2 Å². The van der Waals surface area contributed by atoms with Gasteiger partial charge in [0.1, 0.15) is 17.8 Å². The second-order valence-corrected chi connectivity index (χ2v) is 9.90. The Labute approximate surface area is 196 Å². The van der Waals surface area contributed by atoms with E-state index in [0.29, 0.717) is 26.1 Å². The molecule has 0 aliphatic carbocycles. The number of H-pyrrole nitrogens is 1. The van der Waals surface area contributed by atoms with Gasteiger partial charge in [-0.25, -0.2) is 29.7 Å². The predicted molar refractivity (Wildman–Crippen MR) is 123 cm³/mol. The molecule has 32 heavy (non-hydrogen) atoms. The summed E-state index contributed by atoms with van der Waals surface area (Å²) in [7, 11) is 0. The minimum atomic E-state index is -1.05. The molecule has 1 fully saturated rings. The zero-order valence-corrected chi connectivity index (χ0v) is 19.3. The van der Waals surface area contributed by atoms with Gasteiger partial charge < -0.3 is 15.0 Å². The van der Waals surface area contributed by atoms with Crippen molar-refractivity contribution in [2.75, 3.05) is 18.0 Å². The van der Waals surface area contributed by atoms with E-state index in [1.54, 1.807) is 0 Å². The number of aryl methyl sites for hydroxylation is 1. The first-order valence-electron chi connectivity index (χ1n) is 9.95. The fourth-order valence-corrected chi connectivity index (χ4v) is 5.71. The van der Waals surface area contributed by atoms with E-state index in [-0.39, 0.29) is 5.69 Å². The highest BCUT2D eigenvalue weighted by atomic mass is 35.5. The van der Waals surface area contributed by atoms with Gasteiger partial charge in [0.25, 0.3) is 0 Å². The van der Waals surface area contributed by atoms with Gasteiger partial charge in [-0.05, 0) is 36.1 Å². The number of nitrogens with zero attached hydrogens (tertiary/aromatic N) is 6. The average molecular weight is 488 g/mol. The summed E-state index contributed by atoms with van der Waals surface area (Å²) in [6, 6.07) is 0. The van der Waals surface area contributed by atoms with Crippen LogP contribution in [-0.2, 0) is 12.8 Å². The molecule has 1 aliphatic heterocycles. The molecule has 0 unspecified atom stereocenters. The average Bonchev–Trinajstić information content (AvgIpc) is 3.35. The molecule has 0 aromatic carbocycles. The van der Waals surface area contributed by atoms with Crippen LogP contribution in [0.4, 0.5) is 5.82 Å². The summed E-state index contributed by atoms with van der Waals surface area (Å²) in [5, 5.41) is 12.6. The van der Waals surface area contributed by atoms with Crippen molar-refractivity contribution < 1.29 is 9.90 Å². The predicted octanol–water partition coefficient (Wildman–Crippen LogP) is 3.95. The Balaban J connectivity index is 1.43. The van der Waals surface area contributed by atoms with Crippen molar-refractivity contribution >= 4 is 57.5 Å². The molecule has 5 heterocycles. The molecule has 0 radical (unpaired) electrons. The molecule has 0 spiro atoms. The lowest BCUT2D eigenvalue weighted by Crippen LogP contribution is -2.48. The van der Waals surface area contributed by atoms with Crippen LogP contribution in [0.1, 0.15) is 28.7 Å². The highest BCUT2D eigenvalue weighted by Gasteiger charge is 2.31. The number of aromatic amines is 1. The number of hydrogen-bond acceptors (Lipinski definition) is 9. The Morgan fingerprint density at radius 3 is 2.78 bits per heavy atom. The molecule has 9 nitrogen and oxygen atoms in total. The van der Waals surface area contributed by atoms with Gasteiger partial charge in [-0.3, -0.25) is 0 Å². The Morgan fingerprint density at radius 2 is 2.09 bits per heavy atom. The monoisotopic (exact) mass is 487 g/mol. The molecule has 1 aliphatic rings. The van der Waals surface area contributed by atoms with Crippen LogP contribution in [-0.4, -0.2) is 54.1 Å². The van der Waals surface area contributed by atoms with Gasteiger partial charge in [0, 0.05) is 36.6 Å². The summed E-state index contributed by atoms with van der Waals surface area (Å²) in [5.74, 6) is 0.209. The van der Waals surface area contributed by atoms with E-state index in [1.165, 1.54) is 34.8 Å². The van der Waals surface area contributed by atoms with Crippen LogP contribution in [0.25, 0.3) is 11.0 Å². The summed E-state index contributed by atoms with van der Waals surface area (Å²) in [6.07, 6.45) is 6.90. The Morgan fingerprint density at radius 1 is 1.31 bits per heavy atom. The van der Waals surface area contributed by atoms with E-state index < -0.39 is 5.97 Å². The number of fused-ring (bicyclic) bond motifs is 1. The lowest BCUT2D eigenvalue weighted by Gasteiger charge is -2.40. The van der Waals surface area contributed by atoms with Crippen LogP contribution in [0.3, 0.4) is 0 Å². The van der Waals surface area contributed by atoms with Crippen molar-refractivity contribution in [1.29, 1.82) is 0 Å². The molecular weight excluding hydrogens is 470 g/mol. The van der Waals surface area contributed by atoms with E-state index in [9.17, 15) is 4.79 Å². The largest absolute Gasteiger partial charge is 0.476 e. The number of halogens is 1. The third-order valence-electron chi connectivity index (χ3n) is 5.25. The number of aromatic nitrogens is 6. The molecule has 1 saturated heterocycles. The highest BCUT2D eigenvalue weighted by molar-refractivity contribution is 8.00. The van der Waals surface area contributed by atoms with Crippen LogP contribution < -0.4 is 4.90 Å². The summed E-state index contributed by atoms with van der Waals surface area (Å²) >= 11 is 9.17. The van der Waals surface area contributed by atoms with E-state index in [0.717, 1.165) is 48.4 Å². The molecule has 0 atom stereocenters. The standard InChI is InChI=1S/C20H18ClN7O2S2/c1-2-12-15(21)14-16(24-12)26-19(32-20-25-13(8-31-20)18(29)30)27-17(14)28-6-11(7-28)3-10-4-22-9-23-5-10/h4-5,8-9,11H,2-3,6-7H2,1H3,(H,29,30)(H,24,26,27). The second-order valence-electron chi connectivity index (χ2n) is 7.45. The van der Waals surface area contributed by atoms with Crippen molar-refractivity contribution in [2.24, 2.45) is 5.92 Å². The lowest BCUT2D eigenvalue weighted by molar-refractivity contribution is 0.0691. The molecule has 0 saturated carbocycles. The maximum atomic E-state index is 11.1. The number of thiazole rings is 1. The Hall–Kier alpha value is -2.76. The maximum Gasteiger partial charge on any atom is 0.355 e.